The topological polar surface area (TPSA) is 95.1 Å². The predicted octanol–water partition coefficient (Wildman–Crippen LogP) is 3.25. The molecule has 1 fully saturated rings. The van der Waals surface area contributed by atoms with Gasteiger partial charge in [0.15, 0.2) is 5.96 Å². The second-order valence-corrected chi connectivity index (χ2v) is 7.18. The summed E-state index contributed by atoms with van der Waals surface area (Å²) in [5.41, 5.74) is 3.76. The van der Waals surface area contributed by atoms with Crippen LogP contribution in [0.2, 0.25) is 0 Å². The Balaban J connectivity index is 1.55. The minimum atomic E-state index is -0.493. The molecule has 0 radical (unpaired) electrons. The summed E-state index contributed by atoms with van der Waals surface area (Å²) >= 11 is 0. The fourth-order valence-electron chi connectivity index (χ4n) is 3.28. The van der Waals surface area contributed by atoms with E-state index >= 15 is 0 Å². The van der Waals surface area contributed by atoms with Crippen molar-refractivity contribution in [1.29, 1.82) is 0 Å². The number of rotatable bonds is 7. The number of amides is 2. The van der Waals surface area contributed by atoms with Crippen LogP contribution in [0, 0.1) is 0 Å². The Labute approximate surface area is 182 Å². The monoisotopic (exact) mass is 423 g/mol. The molecule has 0 saturated carbocycles. The molecule has 0 atom stereocenters. The highest BCUT2D eigenvalue weighted by Crippen LogP contribution is 2.21. The number of nitrogens with one attached hydrogen (secondary N) is 3. The molecule has 31 heavy (non-hydrogen) atoms. The van der Waals surface area contributed by atoms with Crippen LogP contribution in [0.15, 0.2) is 53.5 Å². The first kappa shape index (κ1) is 22.1. The minimum absolute atomic E-state index is 0.193. The van der Waals surface area contributed by atoms with Gasteiger partial charge in [-0.25, -0.2) is 9.79 Å². The molecule has 164 valence electrons. The normalized spacial score (nSPS) is 13.8. The minimum Gasteiger partial charge on any atom is -0.453 e. The van der Waals surface area contributed by atoms with Crippen LogP contribution < -0.4 is 20.9 Å². The van der Waals surface area contributed by atoms with Crippen molar-refractivity contribution in [3.63, 3.8) is 0 Å². The van der Waals surface area contributed by atoms with Gasteiger partial charge >= 0.3 is 6.09 Å². The smallest absolute Gasteiger partial charge is 0.411 e. The summed E-state index contributed by atoms with van der Waals surface area (Å²) in [6, 6.07) is 15.5. The van der Waals surface area contributed by atoms with Gasteiger partial charge in [0.25, 0.3) is 0 Å². The number of benzene rings is 2. The van der Waals surface area contributed by atoms with Gasteiger partial charge in [0.05, 0.1) is 13.7 Å². The number of carbonyl (C=O) groups excluding carboxylic acids is 2. The molecule has 0 spiro atoms. The van der Waals surface area contributed by atoms with Crippen molar-refractivity contribution in [2.24, 2.45) is 4.99 Å². The van der Waals surface area contributed by atoms with Crippen LogP contribution in [0.5, 0.6) is 0 Å². The Morgan fingerprint density at radius 3 is 2.39 bits per heavy atom. The molecule has 2 aromatic carbocycles. The average molecular weight is 424 g/mol. The quantitative estimate of drug-likeness (QED) is 0.469. The molecule has 2 aromatic rings. The number of guanidine groups is 1. The molecule has 1 aliphatic heterocycles. The summed E-state index contributed by atoms with van der Waals surface area (Å²) in [5, 5.41) is 9.18. The highest BCUT2D eigenvalue weighted by atomic mass is 16.5. The molecule has 0 bridgehead atoms. The first-order valence-electron chi connectivity index (χ1n) is 10.4. The lowest BCUT2D eigenvalue weighted by Crippen LogP contribution is -2.36. The van der Waals surface area contributed by atoms with E-state index in [9.17, 15) is 9.59 Å². The summed E-state index contributed by atoms with van der Waals surface area (Å²) < 4.78 is 4.59. The molecule has 3 rings (SSSR count). The predicted molar refractivity (Wildman–Crippen MR) is 122 cm³/mol. The van der Waals surface area contributed by atoms with Crippen molar-refractivity contribution < 1.29 is 14.3 Å². The van der Waals surface area contributed by atoms with Gasteiger partial charge in [-0.15, -0.1) is 0 Å². The maximum absolute atomic E-state index is 11.9. The van der Waals surface area contributed by atoms with E-state index in [1.807, 2.05) is 60.4 Å². The lowest BCUT2D eigenvalue weighted by molar-refractivity contribution is -0.117. The summed E-state index contributed by atoms with van der Waals surface area (Å²) in [4.78, 5) is 29.6. The van der Waals surface area contributed by atoms with Crippen molar-refractivity contribution in [3.05, 3.63) is 59.7 Å². The highest BCUT2D eigenvalue weighted by Gasteiger charge is 2.21. The second-order valence-electron chi connectivity index (χ2n) is 7.18. The molecule has 2 amide bonds. The third-order valence-corrected chi connectivity index (χ3v) is 4.93. The van der Waals surface area contributed by atoms with Crippen LogP contribution in [-0.4, -0.2) is 38.2 Å². The zero-order valence-electron chi connectivity index (χ0n) is 18.0. The zero-order chi connectivity index (χ0) is 22.1. The number of ether oxygens (including phenoxy) is 1. The third-order valence-electron chi connectivity index (χ3n) is 4.93. The number of hydrogen-bond acceptors (Lipinski definition) is 4. The van der Waals surface area contributed by atoms with Crippen molar-refractivity contribution in [1.82, 2.24) is 10.6 Å². The summed E-state index contributed by atoms with van der Waals surface area (Å²) in [7, 11) is 1.33. The largest absolute Gasteiger partial charge is 0.453 e. The Morgan fingerprint density at radius 2 is 1.77 bits per heavy atom. The maximum Gasteiger partial charge on any atom is 0.411 e. The van der Waals surface area contributed by atoms with Crippen molar-refractivity contribution in [3.8, 4) is 0 Å². The molecule has 0 aromatic heterocycles. The number of aliphatic imine (C=N–C) groups is 1. The number of methoxy groups -OCH3 is 1. The molecule has 8 heteroatoms. The van der Waals surface area contributed by atoms with Gasteiger partial charge in [-0.3, -0.25) is 10.1 Å². The number of hydrogen-bond donors (Lipinski definition) is 3. The van der Waals surface area contributed by atoms with Gasteiger partial charge in [-0.05, 0) is 48.7 Å². The molecule has 1 heterocycles. The summed E-state index contributed by atoms with van der Waals surface area (Å²) in [6.45, 7) is 4.70. The van der Waals surface area contributed by atoms with Crippen LogP contribution in [-0.2, 0) is 22.6 Å². The molecular weight excluding hydrogens is 394 g/mol. The van der Waals surface area contributed by atoms with E-state index in [2.05, 4.69) is 25.7 Å². The van der Waals surface area contributed by atoms with E-state index in [4.69, 9.17) is 0 Å². The zero-order valence-corrected chi connectivity index (χ0v) is 18.0. The summed E-state index contributed by atoms with van der Waals surface area (Å²) in [6.07, 6.45) is 1.06. The van der Waals surface area contributed by atoms with Crippen molar-refractivity contribution in [2.75, 3.05) is 30.4 Å². The fourth-order valence-corrected chi connectivity index (χ4v) is 3.28. The molecular formula is C23H29N5O3. The van der Waals surface area contributed by atoms with Crippen LogP contribution >= 0.6 is 0 Å². The first-order valence-corrected chi connectivity index (χ1v) is 10.4. The van der Waals surface area contributed by atoms with Gasteiger partial charge < -0.3 is 20.3 Å². The van der Waals surface area contributed by atoms with Gasteiger partial charge in [-0.1, -0.05) is 24.3 Å². The Morgan fingerprint density at radius 1 is 1.06 bits per heavy atom. The number of anilines is 2. The lowest BCUT2D eigenvalue weighted by Gasteiger charge is -2.16. The maximum atomic E-state index is 11.9. The highest BCUT2D eigenvalue weighted by molar-refractivity contribution is 5.95. The number of carbonyl (C=O) groups is 2. The fraction of sp³-hybridized carbons (Fsp3) is 0.348. The van der Waals surface area contributed by atoms with Crippen LogP contribution in [0.3, 0.4) is 0 Å². The van der Waals surface area contributed by atoms with Crippen molar-refractivity contribution >= 4 is 29.3 Å². The second kappa shape index (κ2) is 11.0. The van der Waals surface area contributed by atoms with E-state index in [0.717, 1.165) is 42.3 Å². The van der Waals surface area contributed by atoms with Crippen LogP contribution in [0.25, 0.3) is 0 Å². The summed E-state index contributed by atoms with van der Waals surface area (Å²) in [5.74, 6) is 0.913. The van der Waals surface area contributed by atoms with E-state index in [-0.39, 0.29) is 5.91 Å². The Kier molecular flexibility index (Phi) is 7.86. The first-order chi connectivity index (χ1) is 15.1. The molecule has 0 aliphatic carbocycles. The van der Waals surface area contributed by atoms with Gasteiger partial charge in [0.1, 0.15) is 0 Å². The van der Waals surface area contributed by atoms with E-state index < -0.39 is 6.09 Å². The van der Waals surface area contributed by atoms with E-state index in [1.54, 1.807) is 0 Å². The molecule has 3 N–H and O–H groups in total. The molecule has 8 nitrogen and oxygen atoms in total. The Hall–Kier alpha value is -3.55. The Bertz CT molecular complexity index is 910. The SMILES string of the molecule is CCNC(=NCc1ccc(N2CCCC2=O)cc1)NCc1ccc(NC(=O)OC)cc1. The van der Waals surface area contributed by atoms with Gasteiger partial charge in [0.2, 0.25) is 5.91 Å². The van der Waals surface area contributed by atoms with Crippen LogP contribution in [0.1, 0.15) is 30.9 Å². The van der Waals surface area contributed by atoms with Crippen molar-refractivity contribution in [2.45, 2.75) is 32.9 Å². The van der Waals surface area contributed by atoms with Gasteiger partial charge in [-0.2, -0.15) is 0 Å². The molecule has 1 aliphatic rings. The molecule has 0 unspecified atom stereocenters. The van der Waals surface area contributed by atoms with Gasteiger partial charge in [0, 0.05) is 37.4 Å². The third kappa shape index (κ3) is 6.47. The average Bonchev–Trinajstić information content (AvgIpc) is 3.22. The molecule has 1 saturated heterocycles. The van der Waals surface area contributed by atoms with E-state index in [0.29, 0.717) is 25.2 Å². The van der Waals surface area contributed by atoms with E-state index in [1.165, 1.54) is 7.11 Å². The van der Waals surface area contributed by atoms with Crippen LogP contribution in [0.4, 0.5) is 16.2 Å². The standard InChI is InChI=1S/C23H29N5O3/c1-3-24-22(25-15-17-6-10-19(11-7-17)27-23(30)31-2)26-16-18-8-12-20(13-9-18)28-14-4-5-21(28)29/h6-13H,3-5,14-16H2,1-2H3,(H,27,30)(H2,24,25,26). The lowest BCUT2D eigenvalue weighted by atomic mass is 10.2. The number of nitrogens with zero attached hydrogens (tertiary/aromatic N) is 2.